The van der Waals surface area contributed by atoms with Gasteiger partial charge in [-0.25, -0.2) is 0 Å². The maximum atomic E-state index is 13.1. The molecular weight excluding hydrogens is 438 g/mol. The minimum absolute atomic E-state index is 0.0384. The zero-order chi connectivity index (χ0) is 23.4. The zero-order valence-electron chi connectivity index (χ0n) is 18.1. The van der Waals surface area contributed by atoms with Crippen LogP contribution >= 0.6 is 11.6 Å². The molecule has 3 aromatic rings. The summed E-state index contributed by atoms with van der Waals surface area (Å²) in [5.41, 5.74) is 6.20. The molecule has 3 aromatic carbocycles. The van der Waals surface area contributed by atoms with Crippen LogP contribution < -0.4 is 16.0 Å². The van der Waals surface area contributed by atoms with Gasteiger partial charge in [0, 0.05) is 29.2 Å². The molecule has 0 aromatic heterocycles. The zero-order valence-corrected chi connectivity index (χ0v) is 18.9. The predicted octanol–water partition coefficient (Wildman–Crippen LogP) is 5.01. The molecule has 0 bridgehead atoms. The molecule has 0 saturated heterocycles. The van der Waals surface area contributed by atoms with Gasteiger partial charge < -0.3 is 21.1 Å². The van der Waals surface area contributed by atoms with E-state index in [-0.39, 0.29) is 12.3 Å². The van der Waals surface area contributed by atoms with Crippen LogP contribution in [0.2, 0.25) is 5.02 Å². The number of amides is 1. The first-order valence-electron chi connectivity index (χ1n) is 10.6. The fraction of sp³-hybridized carbons (Fsp3) is 0.154. The van der Waals surface area contributed by atoms with E-state index in [1.807, 2.05) is 61.6 Å². The number of hydrogen-bond acceptors (Lipinski definition) is 4. The van der Waals surface area contributed by atoms with Crippen molar-refractivity contribution in [1.82, 2.24) is 5.32 Å². The van der Waals surface area contributed by atoms with Crippen molar-refractivity contribution in [3.05, 3.63) is 94.0 Å². The Morgan fingerprint density at radius 1 is 1.03 bits per heavy atom. The van der Waals surface area contributed by atoms with E-state index in [1.54, 1.807) is 12.1 Å². The lowest BCUT2D eigenvalue weighted by atomic mass is 9.97. The monoisotopic (exact) mass is 461 g/mol. The Bertz CT molecular complexity index is 1250. The molecule has 1 heterocycles. The Balaban J connectivity index is 1.83. The van der Waals surface area contributed by atoms with E-state index in [1.165, 1.54) is 0 Å². The highest BCUT2D eigenvalue weighted by Crippen LogP contribution is 2.39. The average Bonchev–Trinajstić information content (AvgIpc) is 3.11. The lowest BCUT2D eigenvalue weighted by Gasteiger charge is -2.16. The summed E-state index contributed by atoms with van der Waals surface area (Å²) < 4.78 is 0. The van der Waals surface area contributed by atoms with Crippen molar-refractivity contribution in [2.45, 2.75) is 19.4 Å². The van der Waals surface area contributed by atoms with Crippen LogP contribution in [0, 0.1) is 0 Å². The summed E-state index contributed by atoms with van der Waals surface area (Å²) in [7, 11) is 1.89. The van der Waals surface area contributed by atoms with E-state index in [0.29, 0.717) is 34.9 Å². The predicted molar refractivity (Wildman–Crippen MR) is 132 cm³/mol. The van der Waals surface area contributed by atoms with Crippen LogP contribution in [0.4, 0.5) is 11.4 Å². The van der Waals surface area contributed by atoms with Crippen LogP contribution in [0.25, 0.3) is 11.3 Å². The Morgan fingerprint density at radius 2 is 1.82 bits per heavy atom. The molecule has 4 N–H and O–H groups in total. The average molecular weight is 462 g/mol. The molecule has 1 aliphatic heterocycles. The summed E-state index contributed by atoms with van der Waals surface area (Å²) in [6.07, 6.45) is 0.443. The summed E-state index contributed by atoms with van der Waals surface area (Å²) >= 11 is 6.14. The first kappa shape index (κ1) is 22.6. The van der Waals surface area contributed by atoms with E-state index in [9.17, 15) is 9.59 Å². The molecule has 0 aliphatic carbocycles. The lowest BCUT2D eigenvalue weighted by molar-refractivity contribution is -0.137. The molecule has 0 radical (unpaired) electrons. The summed E-state index contributed by atoms with van der Waals surface area (Å²) in [6.45, 7) is 0.716. The van der Waals surface area contributed by atoms with Crippen LogP contribution in [0.15, 0.2) is 66.7 Å². The second-order valence-corrected chi connectivity index (χ2v) is 8.28. The number of halogens is 1. The second kappa shape index (κ2) is 9.90. The number of aliphatic carboxylic acids is 1. The molecule has 1 amide bonds. The maximum Gasteiger partial charge on any atom is 0.303 e. The molecule has 33 heavy (non-hydrogen) atoms. The molecule has 0 saturated carbocycles. The summed E-state index contributed by atoms with van der Waals surface area (Å²) in [5, 5.41) is 19.1. The summed E-state index contributed by atoms with van der Waals surface area (Å²) in [4.78, 5) is 24.1. The SMILES string of the molecule is CNCc1cccc(NC(=C2C(=O)Nc3cc(Cl)ccc32)c2cccc(CCC(=O)O)c2)c1. The van der Waals surface area contributed by atoms with Crippen LogP contribution in [-0.2, 0) is 22.6 Å². The number of fused-ring (bicyclic) bond motifs is 1. The van der Waals surface area contributed by atoms with Gasteiger partial charge in [0.2, 0.25) is 0 Å². The van der Waals surface area contributed by atoms with Gasteiger partial charge in [-0.15, -0.1) is 0 Å². The van der Waals surface area contributed by atoms with E-state index in [0.717, 1.165) is 27.9 Å². The van der Waals surface area contributed by atoms with Gasteiger partial charge in [0.25, 0.3) is 5.91 Å². The van der Waals surface area contributed by atoms with E-state index in [2.05, 4.69) is 16.0 Å². The third kappa shape index (κ3) is 5.25. The fourth-order valence-electron chi connectivity index (χ4n) is 3.91. The molecule has 0 atom stereocenters. The number of nitrogens with one attached hydrogen (secondary N) is 3. The Morgan fingerprint density at radius 3 is 2.61 bits per heavy atom. The molecule has 168 valence electrons. The van der Waals surface area contributed by atoms with Crippen molar-refractivity contribution in [2.75, 3.05) is 17.7 Å². The summed E-state index contributed by atoms with van der Waals surface area (Å²) in [5.74, 6) is -1.07. The van der Waals surface area contributed by atoms with Crippen LogP contribution in [0.5, 0.6) is 0 Å². The van der Waals surface area contributed by atoms with Gasteiger partial charge in [-0.1, -0.05) is 48.0 Å². The molecule has 0 fully saturated rings. The van der Waals surface area contributed by atoms with E-state index < -0.39 is 5.97 Å². The highest BCUT2D eigenvalue weighted by atomic mass is 35.5. The van der Waals surface area contributed by atoms with Crippen molar-refractivity contribution < 1.29 is 14.7 Å². The number of carboxylic acids is 1. The number of carboxylic acid groups (broad SMARTS) is 1. The van der Waals surface area contributed by atoms with Gasteiger partial charge in [0.1, 0.15) is 0 Å². The van der Waals surface area contributed by atoms with Crippen LogP contribution in [0.3, 0.4) is 0 Å². The van der Waals surface area contributed by atoms with Gasteiger partial charge in [-0.05, 0) is 60.5 Å². The number of carbonyl (C=O) groups excluding carboxylic acids is 1. The first-order valence-corrected chi connectivity index (χ1v) is 11.0. The molecule has 0 spiro atoms. The highest BCUT2D eigenvalue weighted by molar-refractivity contribution is 6.38. The third-order valence-corrected chi connectivity index (χ3v) is 5.63. The molecule has 7 heteroatoms. The molecular formula is C26H24ClN3O3. The van der Waals surface area contributed by atoms with Gasteiger partial charge in [0.05, 0.1) is 17.0 Å². The summed E-state index contributed by atoms with van der Waals surface area (Å²) in [6, 6.07) is 20.9. The van der Waals surface area contributed by atoms with Crippen molar-refractivity contribution in [2.24, 2.45) is 0 Å². The minimum atomic E-state index is -0.848. The van der Waals surface area contributed by atoms with Crippen LogP contribution in [0.1, 0.15) is 28.7 Å². The molecule has 4 rings (SSSR count). The van der Waals surface area contributed by atoms with Crippen molar-refractivity contribution >= 4 is 46.1 Å². The number of aryl methyl sites for hydroxylation is 1. The third-order valence-electron chi connectivity index (χ3n) is 5.40. The van der Waals surface area contributed by atoms with Gasteiger partial charge >= 0.3 is 5.97 Å². The maximum absolute atomic E-state index is 13.1. The van der Waals surface area contributed by atoms with Crippen molar-refractivity contribution in [3.63, 3.8) is 0 Å². The number of rotatable bonds is 8. The Labute approximate surface area is 197 Å². The number of hydrogen-bond donors (Lipinski definition) is 4. The number of anilines is 2. The second-order valence-electron chi connectivity index (χ2n) is 7.84. The normalized spacial score (nSPS) is 13.9. The van der Waals surface area contributed by atoms with E-state index >= 15 is 0 Å². The van der Waals surface area contributed by atoms with Crippen molar-refractivity contribution in [1.29, 1.82) is 0 Å². The lowest BCUT2D eigenvalue weighted by Crippen LogP contribution is -2.11. The minimum Gasteiger partial charge on any atom is -0.481 e. The Hall–Kier alpha value is -3.61. The van der Waals surface area contributed by atoms with Crippen molar-refractivity contribution in [3.8, 4) is 0 Å². The van der Waals surface area contributed by atoms with Gasteiger partial charge in [-0.2, -0.15) is 0 Å². The molecule has 6 nitrogen and oxygen atoms in total. The quantitative estimate of drug-likeness (QED) is 0.354. The molecule has 1 aliphatic rings. The first-order chi connectivity index (χ1) is 15.9. The number of carbonyl (C=O) groups is 2. The number of benzene rings is 3. The standard InChI is InChI=1S/C26H24ClN3O3/c1-28-15-17-5-3-7-20(13-17)29-25(18-6-2-4-16(12-18)8-11-23(31)32)24-21-10-9-19(27)14-22(21)30-26(24)33/h2-7,9-10,12-14,28-29H,8,11,15H2,1H3,(H,30,33)(H,31,32). The van der Waals surface area contributed by atoms with Gasteiger partial charge in [-0.3, -0.25) is 9.59 Å². The molecule has 0 unspecified atom stereocenters. The van der Waals surface area contributed by atoms with Gasteiger partial charge in [0.15, 0.2) is 0 Å². The Kier molecular flexibility index (Phi) is 6.77. The topological polar surface area (TPSA) is 90.5 Å². The van der Waals surface area contributed by atoms with Crippen LogP contribution in [-0.4, -0.2) is 24.0 Å². The van der Waals surface area contributed by atoms with E-state index in [4.69, 9.17) is 16.7 Å². The largest absolute Gasteiger partial charge is 0.481 e. The highest BCUT2D eigenvalue weighted by Gasteiger charge is 2.28. The fourth-order valence-corrected chi connectivity index (χ4v) is 4.09. The smallest absolute Gasteiger partial charge is 0.303 e.